The van der Waals surface area contributed by atoms with Crippen molar-refractivity contribution in [2.75, 3.05) is 14.1 Å². The van der Waals surface area contributed by atoms with Crippen LogP contribution in [0.2, 0.25) is 0 Å². The fourth-order valence-corrected chi connectivity index (χ4v) is 4.32. The number of hydrogen-bond acceptors (Lipinski definition) is 3. The van der Waals surface area contributed by atoms with E-state index in [9.17, 15) is 8.42 Å². The van der Waals surface area contributed by atoms with Gasteiger partial charge in [0, 0.05) is 19.1 Å². The van der Waals surface area contributed by atoms with E-state index in [1.165, 1.54) is 6.42 Å². The van der Waals surface area contributed by atoms with E-state index in [1.54, 1.807) is 23.5 Å². The van der Waals surface area contributed by atoms with Gasteiger partial charge in [0.15, 0.2) is 0 Å². The number of hydrogen-bond donors (Lipinski definition) is 1. The summed E-state index contributed by atoms with van der Waals surface area (Å²) in [5.74, 6) is 0. The minimum absolute atomic E-state index is 0.152. The molecule has 1 atom stereocenters. The van der Waals surface area contributed by atoms with Crippen LogP contribution in [0, 0.1) is 0 Å². The molecule has 0 bridgehead atoms. The molecule has 0 spiro atoms. The van der Waals surface area contributed by atoms with E-state index in [2.05, 4.69) is 12.2 Å². The Morgan fingerprint density at radius 1 is 1.14 bits per heavy atom. The quantitative estimate of drug-likeness (QED) is 0.909. The first-order valence-electron chi connectivity index (χ1n) is 7.72. The zero-order valence-corrected chi connectivity index (χ0v) is 14.0. The lowest BCUT2D eigenvalue weighted by Gasteiger charge is -2.30. The van der Waals surface area contributed by atoms with Gasteiger partial charge in [0.1, 0.15) is 0 Å². The Kier molecular flexibility index (Phi) is 5.41. The third-order valence-electron chi connectivity index (χ3n) is 4.58. The van der Waals surface area contributed by atoms with Gasteiger partial charge in [0.2, 0.25) is 10.0 Å². The van der Waals surface area contributed by atoms with E-state index in [-0.39, 0.29) is 12.1 Å². The lowest BCUT2D eigenvalue weighted by Crippen LogP contribution is -2.38. The molecule has 1 unspecified atom stereocenters. The highest BCUT2D eigenvalue weighted by molar-refractivity contribution is 7.89. The van der Waals surface area contributed by atoms with Gasteiger partial charge in [-0.15, -0.1) is 0 Å². The molecule has 1 aliphatic rings. The first kappa shape index (κ1) is 16.5. The third-order valence-corrected chi connectivity index (χ3v) is 6.50. The lowest BCUT2D eigenvalue weighted by atomic mass is 9.96. The Morgan fingerprint density at radius 2 is 1.71 bits per heavy atom. The zero-order chi connectivity index (χ0) is 15.5. The van der Waals surface area contributed by atoms with E-state index < -0.39 is 10.0 Å². The molecule has 4 nitrogen and oxygen atoms in total. The highest BCUT2D eigenvalue weighted by atomic mass is 32.2. The van der Waals surface area contributed by atoms with Gasteiger partial charge in [0.05, 0.1) is 4.90 Å². The van der Waals surface area contributed by atoms with Gasteiger partial charge in [-0.1, -0.05) is 31.4 Å². The van der Waals surface area contributed by atoms with Crippen LogP contribution in [-0.4, -0.2) is 32.9 Å². The average Bonchev–Trinajstić information content (AvgIpc) is 2.54. The number of benzene rings is 1. The molecule has 0 radical (unpaired) electrons. The van der Waals surface area contributed by atoms with E-state index in [1.807, 2.05) is 19.2 Å². The maximum atomic E-state index is 12.7. The molecule has 1 N–H and O–H groups in total. The minimum Gasteiger partial charge on any atom is -0.313 e. The lowest BCUT2D eigenvalue weighted by molar-refractivity contribution is 0.286. The first-order valence-corrected chi connectivity index (χ1v) is 9.16. The number of nitrogens with one attached hydrogen (secondary N) is 1. The monoisotopic (exact) mass is 310 g/mol. The summed E-state index contributed by atoms with van der Waals surface area (Å²) in [6, 6.07) is 7.60. The molecule has 1 fully saturated rings. The number of nitrogens with zero attached hydrogens (tertiary/aromatic N) is 1. The fourth-order valence-electron chi connectivity index (χ4n) is 2.90. The van der Waals surface area contributed by atoms with Gasteiger partial charge in [0.25, 0.3) is 0 Å². The summed E-state index contributed by atoms with van der Waals surface area (Å²) < 4.78 is 27.0. The van der Waals surface area contributed by atoms with Crippen LogP contribution in [0.15, 0.2) is 29.2 Å². The molecule has 1 aliphatic carbocycles. The van der Waals surface area contributed by atoms with Gasteiger partial charge in [-0.3, -0.25) is 0 Å². The van der Waals surface area contributed by atoms with Crippen molar-refractivity contribution in [3.8, 4) is 0 Å². The van der Waals surface area contributed by atoms with Crippen LogP contribution in [0.25, 0.3) is 0 Å². The molecule has 1 saturated carbocycles. The Balaban J connectivity index is 2.18. The summed E-state index contributed by atoms with van der Waals surface area (Å²) in [6.45, 7) is 2.05. The summed E-state index contributed by atoms with van der Waals surface area (Å²) in [5.41, 5.74) is 1.09. The van der Waals surface area contributed by atoms with Crippen molar-refractivity contribution in [1.29, 1.82) is 0 Å². The van der Waals surface area contributed by atoms with Crippen molar-refractivity contribution < 1.29 is 8.42 Å². The highest BCUT2D eigenvalue weighted by Crippen LogP contribution is 2.27. The highest BCUT2D eigenvalue weighted by Gasteiger charge is 2.28. The molecule has 1 aromatic rings. The normalized spacial score (nSPS) is 18.9. The summed E-state index contributed by atoms with van der Waals surface area (Å²) in [6.07, 6.45) is 5.43. The predicted octanol–water partition coefficient (Wildman–Crippen LogP) is 2.92. The van der Waals surface area contributed by atoms with Crippen molar-refractivity contribution >= 4 is 10.0 Å². The summed E-state index contributed by atoms with van der Waals surface area (Å²) >= 11 is 0. The second kappa shape index (κ2) is 6.90. The fraction of sp³-hybridized carbons (Fsp3) is 0.625. The predicted molar refractivity (Wildman–Crippen MR) is 85.7 cm³/mol. The molecule has 0 amide bonds. The van der Waals surface area contributed by atoms with Crippen molar-refractivity contribution in [3.05, 3.63) is 29.8 Å². The van der Waals surface area contributed by atoms with E-state index in [4.69, 9.17) is 0 Å². The Labute approximate surface area is 128 Å². The van der Waals surface area contributed by atoms with Crippen molar-refractivity contribution in [2.45, 2.75) is 56.0 Å². The minimum atomic E-state index is -3.37. The van der Waals surface area contributed by atoms with Gasteiger partial charge >= 0.3 is 0 Å². The van der Waals surface area contributed by atoms with Crippen molar-refractivity contribution in [1.82, 2.24) is 9.62 Å². The van der Waals surface area contributed by atoms with Crippen molar-refractivity contribution in [3.63, 3.8) is 0 Å². The van der Waals surface area contributed by atoms with Crippen LogP contribution in [0.1, 0.15) is 50.6 Å². The molecule has 2 rings (SSSR count). The largest absolute Gasteiger partial charge is 0.313 e. The Hall–Kier alpha value is -0.910. The molecule has 5 heteroatoms. The van der Waals surface area contributed by atoms with Crippen LogP contribution < -0.4 is 5.32 Å². The molecular formula is C16H26N2O2S. The van der Waals surface area contributed by atoms with Gasteiger partial charge in [-0.25, -0.2) is 8.42 Å². The first-order chi connectivity index (χ1) is 9.96. The van der Waals surface area contributed by atoms with Gasteiger partial charge in [-0.2, -0.15) is 4.31 Å². The molecule has 0 aliphatic heterocycles. The standard InChI is InChI=1S/C16H26N2O2S/c1-13(17-2)14-9-11-16(12-10-14)21(19,20)18(3)15-7-5-4-6-8-15/h9-13,15,17H,4-8H2,1-3H3. The summed E-state index contributed by atoms with van der Waals surface area (Å²) in [5, 5.41) is 3.15. The zero-order valence-electron chi connectivity index (χ0n) is 13.2. The smallest absolute Gasteiger partial charge is 0.243 e. The molecule has 0 saturated heterocycles. The molecule has 1 aromatic carbocycles. The van der Waals surface area contributed by atoms with Crippen LogP contribution in [-0.2, 0) is 10.0 Å². The van der Waals surface area contributed by atoms with Crippen molar-refractivity contribution in [2.24, 2.45) is 0 Å². The SMILES string of the molecule is CNC(C)c1ccc(S(=O)(=O)N(C)C2CCCCC2)cc1. The molecule has 0 aromatic heterocycles. The Morgan fingerprint density at radius 3 is 2.24 bits per heavy atom. The van der Waals surface area contributed by atoms with Crippen LogP contribution in [0.3, 0.4) is 0 Å². The summed E-state index contributed by atoms with van der Waals surface area (Å²) in [4.78, 5) is 0.391. The number of sulfonamides is 1. The van der Waals surface area contributed by atoms with E-state index in [0.29, 0.717) is 4.90 Å². The summed E-state index contributed by atoms with van der Waals surface area (Å²) in [7, 11) is 0.238. The van der Waals surface area contributed by atoms with Gasteiger partial charge in [-0.05, 0) is 44.5 Å². The molecular weight excluding hydrogens is 284 g/mol. The van der Waals surface area contributed by atoms with Gasteiger partial charge < -0.3 is 5.32 Å². The molecule has 21 heavy (non-hydrogen) atoms. The molecule has 118 valence electrons. The van der Waals surface area contributed by atoms with Crippen LogP contribution >= 0.6 is 0 Å². The third kappa shape index (κ3) is 3.65. The Bertz CT molecular complexity index is 548. The number of rotatable bonds is 5. The second-order valence-corrected chi connectivity index (χ2v) is 7.89. The van der Waals surface area contributed by atoms with Crippen LogP contribution in [0.4, 0.5) is 0 Å². The van der Waals surface area contributed by atoms with E-state index >= 15 is 0 Å². The van der Waals surface area contributed by atoms with E-state index in [0.717, 1.165) is 31.2 Å². The topological polar surface area (TPSA) is 49.4 Å². The van der Waals surface area contributed by atoms with Crippen LogP contribution in [0.5, 0.6) is 0 Å². The molecule has 0 heterocycles. The maximum Gasteiger partial charge on any atom is 0.243 e. The average molecular weight is 310 g/mol. The second-order valence-electron chi connectivity index (χ2n) is 5.89. The maximum absolute atomic E-state index is 12.7.